The molecule has 1 aliphatic rings. The number of hydrogen-bond donors (Lipinski definition) is 1. The first-order chi connectivity index (χ1) is 9.88. The minimum atomic E-state index is -0.380. The quantitative estimate of drug-likeness (QED) is 0.771. The van der Waals surface area contributed by atoms with E-state index < -0.39 is 0 Å². The zero-order valence-corrected chi connectivity index (χ0v) is 12.6. The minimum Gasteiger partial charge on any atom is -0.372 e. The highest BCUT2D eigenvalue weighted by Crippen LogP contribution is 2.19. The molecule has 0 aliphatic carbocycles. The Morgan fingerprint density at radius 1 is 1.14 bits per heavy atom. The number of anilines is 1. The molecule has 3 heterocycles. The molecule has 114 valence electrons. The van der Waals surface area contributed by atoms with E-state index >= 15 is 0 Å². The van der Waals surface area contributed by atoms with E-state index in [1.54, 1.807) is 7.05 Å². The van der Waals surface area contributed by atoms with E-state index in [1.165, 1.54) is 11.6 Å². The molecule has 1 aliphatic heterocycles. The molecule has 1 fully saturated rings. The number of H-pyrrole nitrogens is 1. The molecule has 2 atom stereocenters. The highest BCUT2D eigenvalue weighted by atomic mass is 16.5. The number of aryl methyl sites for hydroxylation is 1. The van der Waals surface area contributed by atoms with Crippen molar-refractivity contribution in [3.63, 3.8) is 0 Å². The van der Waals surface area contributed by atoms with Crippen molar-refractivity contribution in [3.05, 3.63) is 20.8 Å². The topological polar surface area (TPSA) is 85.2 Å². The Morgan fingerprint density at radius 2 is 1.76 bits per heavy atom. The lowest BCUT2D eigenvalue weighted by atomic mass is 10.2. The summed E-state index contributed by atoms with van der Waals surface area (Å²) in [6.07, 6.45) is 0.183. The Bertz CT molecular complexity index is 792. The molecule has 0 saturated carbocycles. The molecule has 8 heteroatoms. The summed E-state index contributed by atoms with van der Waals surface area (Å²) < 4.78 is 8.15. The molecule has 2 aromatic heterocycles. The SMILES string of the molecule is C[C@@H]1CN(c2nc3c([nH]2)c(=O)n(C)c(=O)n3C)C[C@H](C)O1. The molecule has 1 saturated heterocycles. The number of nitrogens with zero attached hydrogens (tertiary/aromatic N) is 4. The number of hydrogen-bond acceptors (Lipinski definition) is 5. The number of aromatic nitrogens is 4. The van der Waals surface area contributed by atoms with Gasteiger partial charge in [0.2, 0.25) is 5.95 Å². The maximum atomic E-state index is 12.2. The molecular weight excluding hydrogens is 274 g/mol. The first-order valence-corrected chi connectivity index (χ1v) is 6.94. The largest absolute Gasteiger partial charge is 0.372 e. The van der Waals surface area contributed by atoms with Crippen LogP contribution in [0, 0.1) is 0 Å². The summed E-state index contributed by atoms with van der Waals surface area (Å²) in [5.74, 6) is 0.602. The molecule has 3 rings (SSSR count). The molecule has 21 heavy (non-hydrogen) atoms. The van der Waals surface area contributed by atoms with Crippen LogP contribution in [-0.4, -0.2) is 44.4 Å². The zero-order chi connectivity index (χ0) is 15.3. The molecule has 0 unspecified atom stereocenters. The van der Waals surface area contributed by atoms with Gasteiger partial charge in [0.1, 0.15) is 0 Å². The standard InChI is InChI=1S/C13H19N5O3/c1-7-5-18(6-8(2)21-7)12-14-9-10(15-12)16(3)13(20)17(4)11(9)19/h7-8H,5-6H2,1-4H3,(H,14,15)/t7-,8+. The first kappa shape index (κ1) is 13.9. The average Bonchev–Trinajstić information content (AvgIpc) is 2.87. The predicted molar refractivity (Wildman–Crippen MR) is 78.8 cm³/mol. The predicted octanol–water partition coefficient (Wildman–Crippen LogP) is -0.426. The van der Waals surface area contributed by atoms with E-state index in [1.807, 2.05) is 18.7 Å². The lowest BCUT2D eigenvalue weighted by molar-refractivity contribution is -0.00566. The molecule has 0 aromatic carbocycles. The van der Waals surface area contributed by atoms with E-state index in [4.69, 9.17) is 4.74 Å². The third kappa shape index (κ3) is 2.15. The van der Waals surface area contributed by atoms with Gasteiger partial charge in [-0.2, -0.15) is 4.98 Å². The van der Waals surface area contributed by atoms with Crippen LogP contribution in [-0.2, 0) is 18.8 Å². The third-order valence-corrected chi connectivity index (χ3v) is 3.80. The molecule has 0 bridgehead atoms. The molecule has 2 aromatic rings. The van der Waals surface area contributed by atoms with Gasteiger partial charge >= 0.3 is 5.69 Å². The van der Waals surface area contributed by atoms with Crippen LogP contribution in [0.5, 0.6) is 0 Å². The summed E-state index contributed by atoms with van der Waals surface area (Å²) in [5.41, 5.74) is -0.0123. The number of nitrogens with one attached hydrogen (secondary N) is 1. The molecule has 0 amide bonds. The van der Waals surface area contributed by atoms with Gasteiger partial charge in [0.25, 0.3) is 5.56 Å². The average molecular weight is 293 g/mol. The number of fused-ring (bicyclic) bond motifs is 1. The smallest absolute Gasteiger partial charge is 0.332 e. The molecule has 1 N–H and O–H groups in total. The van der Waals surface area contributed by atoms with Crippen molar-refractivity contribution in [2.24, 2.45) is 14.1 Å². The summed E-state index contributed by atoms with van der Waals surface area (Å²) >= 11 is 0. The lowest BCUT2D eigenvalue weighted by Gasteiger charge is -2.35. The van der Waals surface area contributed by atoms with Crippen LogP contribution in [0.25, 0.3) is 11.2 Å². The summed E-state index contributed by atoms with van der Waals surface area (Å²) in [6, 6.07) is 0. The van der Waals surface area contributed by atoms with Crippen LogP contribution < -0.4 is 16.1 Å². The Hall–Kier alpha value is -2.09. The third-order valence-electron chi connectivity index (χ3n) is 3.80. The van der Waals surface area contributed by atoms with Crippen molar-refractivity contribution in [1.82, 2.24) is 19.1 Å². The Labute approximate surface area is 121 Å². The van der Waals surface area contributed by atoms with Crippen molar-refractivity contribution in [1.29, 1.82) is 0 Å². The van der Waals surface area contributed by atoms with E-state index in [9.17, 15) is 9.59 Å². The van der Waals surface area contributed by atoms with Gasteiger partial charge in [-0.25, -0.2) is 4.79 Å². The fourth-order valence-corrected chi connectivity index (χ4v) is 2.81. The highest BCUT2D eigenvalue weighted by Gasteiger charge is 2.25. The molecular formula is C13H19N5O3. The second kappa shape index (κ2) is 4.73. The number of aromatic amines is 1. The van der Waals surface area contributed by atoms with Crippen LogP contribution in [0.4, 0.5) is 5.95 Å². The monoisotopic (exact) mass is 293 g/mol. The van der Waals surface area contributed by atoms with Gasteiger partial charge in [0.05, 0.1) is 12.2 Å². The van der Waals surface area contributed by atoms with E-state index in [-0.39, 0.29) is 23.5 Å². The van der Waals surface area contributed by atoms with E-state index in [2.05, 4.69) is 9.97 Å². The second-order valence-electron chi connectivity index (χ2n) is 5.63. The van der Waals surface area contributed by atoms with Crippen molar-refractivity contribution >= 4 is 17.1 Å². The summed E-state index contributed by atoms with van der Waals surface area (Å²) in [5, 5.41) is 0. The Morgan fingerprint density at radius 3 is 2.38 bits per heavy atom. The van der Waals surface area contributed by atoms with Gasteiger partial charge in [-0.15, -0.1) is 0 Å². The van der Waals surface area contributed by atoms with Crippen LogP contribution in [0.3, 0.4) is 0 Å². The number of imidazole rings is 1. The summed E-state index contributed by atoms with van der Waals surface area (Å²) in [4.78, 5) is 33.6. The maximum absolute atomic E-state index is 12.2. The van der Waals surface area contributed by atoms with Crippen molar-refractivity contribution in [2.75, 3.05) is 18.0 Å². The van der Waals surface area contributed by atoms with Gasteiger partial charge < -0.3 is 14.6 Å². The Kier molecular flexibility index (Phi) is 3.12. The van der Waals surface area contributed by atoms with Crippen molar-refractivity contribution in [3.8, 4) is 0 Å². The zero-order valence-electron chi connectivity index (χ0n) is 12.6. The first-order valence-electron chi connectivity index (χ1n) is 6.94. The molecule has 8 nitrogen and oxygen atoms in total. The van der Waals surface area contributed by atoms with Crippen LogP contribution in [0.15, 0.2) is 9.59 Å². The lowest BCUT2D eigenvalue weighted by Crippen LogP contribution is -2.46. The van der Waals surface area contributed by atoms with E-state index in [0.717, 1.165) is 4.57 Å². The van der Waals surface area contributed by atoms with Crippen molar-refractivity contribution in [2.45, 2.75) is 26.1 Å². The van der Waals surface area contributed by atoms with Crippen LogP contribution >= 0.6 is 0 Å². The minimum absolute atomic E-state index is 0.0913. The normalized spacial score (nSPS) is 23.0. The fourth-order valence-electron chi connectivity index (χ4n) is 2.81. The number of ether oxygens (including phenoxy) is 1. The van der Waals surface area contributed by atoms with Crippen LogP contribution in [0.1, 0.15) is 13.8 Å². The number of rotatable bonds is 1. The molecule has 0 radical (unpaired) electrons. The van der Waals surface area contributed by atoms with Gasteiger partial charge in [-0.05, 0) is 13.8 Å². The maximum Gasteiger partial charge on any atom is 0.332 e. The van der Waals surface area contributed by atoms with Crippen LogP contribution in [0.2, 0.25) is 0 Å². The van der Waals surface area contributed by atoms with Gasteiger partial charge in [0, 0.05) is 27.2 Å². The summed E-state index contributed by atoms with van der Waals surface area (Å²) in [6.45, 7) is 5.39. The van der Waals surface area contributed by atoms with E-state index in [0.29, 0.717) is 30.2 Å². The molecule has 0 spiro atoms. The van der Waals surface area contributed by atoms with Crippen molar-refractivity contribution < 1.29 is 4.74 Å². The highest BCUT2D eigenvalue weighted by molar-refractivity contribution is 5.73. The number of morpholine rings is 1. The van der Waals surface area contributed by atoms with Gasteiger partial charge in [0.15, 0.2) is 11.2 Å². The Balaban J connectivity index is 2.14. The summed E-state index contributed by atoms with van der Waals surface area (Å²) in [7, 11) is 3.07. The fraction of sp³-hybridized carbons (Fsp3) is 0.615. The van der Waals surface area contributed by atoms with Gasteiger partial charge in [-0.1, -0.05) is 0 Å². The second-order valence-corrected chi connectivity index (χ2v) is 5.63. The van der Waals surface area contributed by atoms with Gasteiger partial charge in [-0.3, -0.25) is 13.9 Å².